The first kappa shape index (κ1) is 7.14. The van der Waals surface area contributed by atoms with Crippen molar-refractivity contribution in [1.82, 2.24) is 4.90 Å². The lowest BCUT2D eigenvalue weighted by Crippen LogP contribution is -2.33. The lowest BCUT2D eigenvalue weighted by molar-refractivity contribution is -0.127. The number of likely N-dealkylation sites (tertiary alicyclic amines) is 1. The summed E-state index contributed by atoms with van der Waals surface area (Å²) in [6, 6.07) is 0. The van der Waals surface area contributed by atoms with Crippen LogP contribution < -0.4 is 0 Å². The number of amides is 1. The minimum absolute atomic E-state index is 0.382. The van der Waals surface area contributed by atoms with Crippen LogP contribution in [0.3, 0.4) is 0 Å². The molecule has 2 rings (SSSR count). The average Bonchev–Trinajstić information content (AvgIpc) is 2.26. The Labute approximate surface area is 67.6 Å². The molecular formula is C9H15NO. The standard InChI is InChI=1S/C9H15NO/c1-2-10-7-9(4-3-5-9)6-8(10)11/h2-7H2,1H3. The highest BCUT2D eigenvalue weighted by molar-refractivity contribution is 5.79. The lowest BCUT2D eigenvalue weighted by Gasteiger charge is -2.37. The normalized spacial score (nSPS) is 27.7. The van der Waals surface area contributed by atoms with E-state index in [0.717, 1.165) is 19.5 Å². The van der Waals surface area contributed by atoms with E-state index in [1.807, 2.05) is 4.90 Å². The molecule has 0 aromatic carbocycles. The van der Waals surface area contributed by atoms with Gasteiger partial charge in [0, 0.05) is 19.5 Å². The van der Waals surface area contributed by atoms with E-state index >= 15 is 0 Å². The SMILES string of the molecule is CCN1CC2(CCC2)CC1=O. The van der Waals surface area contributed by atoms with Gasteiger partial charge in [-0.1, -0.05) is 6.42 Å². The molecule has 1 saturated heterocycles. The zero-order valence-corrected chi connectivity index (χ0v) is 7.10. The molecule has 0 aromatic rings. The third kappa shape index (κ3) is 0.959. The van der Waals surface area contributed by atoms with Crippen LogP contribution in [0.1, 0.15) is 32.6 Å². The number of hydrogen-bond acceptors (Lipinski definition) is 1. The molecule has 0 aromatic heterocycles. The van der Waals surface area contributed by atoms with Crippen molar-refractivity contribution in [2.24, 2.45) is 5.41 Å². The van der Waals surface area contributed by atoms with E-state index in [-0.39, 0.29) is 0 Å². The van der Waals surface area contributed by atoms with Gasteiger partial charge in [0.05, 0.1) is 0 Å². The minimum atomic E-state index is 0.382. The quantitative estimate of drug-likeness (QED) is 0.557. The molecule has 1 aliphatic heterocycles. The fourth-order valence-corrected chi connectivity index (χ4v) is 2.28. The first-order chi connectivity index (χ1) is 5.26. The van der Waals surface area contributed by atoms with Gasteiger partial charge in [0.1, 0.15) is 0 Å². The van der Waals surface area contributed by atoms with Gasteiger partial charge in [-0.05, 0) is 25.2 Å². The molecule has 0 atom stereocenters. The molecule has 0 bridgehead atoms. The van der Waals surface area contributed by atoms with Crippen molar-refractivity contribution in [2.45, 2.75) is 32.6 Å². The third-order valence-corrected chi connectivity index (χ3v) is 3.20. The molecule has 0 unspecified atom stereocenters. The van der Waals surface area contributed by atoms with Crippen molar-refractivity contribution in [2.75, 3.05) is 13.1 Å². The summed E-state index contributed by atoms with van der Waals surface area (Å²) in [5, 5.41) is 0. The number of hydrogen-bond donors (Lipinski definition) is 0. The molecule has 1 saturated carbocycles. The van der Waals surface area contributed by atoms with Gasteiger partial charge in [-0.3, -0.25) is 4.79 Å². The number of rotatable bonds is 1. The van der Waals surface area contributed by atoms with Gasteiger partial charge in [-0.2, -0.15) is 0 Å². The maximum atomic E-state index is 11.3. The minimum Gasteiger partial charge on any atom is -0.342 e. The summed E-state index contributed by atoms with van der Waals surface area (Å²) < 4.78 is 0. The summed E-state index contributed by atoms with van der Waals surface area (Å²) in [7, 11) is 0. The molecule has 1 spiro atoms. The molecule has 1 aliphatic carbocycles. The Hall–Kier alpha value is -0.530. The second-order valence-electron chi connectivity index (χ2n) is 3.94. The fraction of sp³-hybridized carbons (Fsp3) is 0.889. The van der Waals surface area contributed by atoms with E-state index in [9.17, 15) is 4.79 Å². The van der Waals surface area contributed by atoms with E-state index in [1.165, 1.54) is 19.3 Å². The smallest absolute Gasteiger partial charge is 0.223 e. The summed E-state index contributed by atoms with van der Waals surface area (Å²) in [6.07, 6.45) is 4.75. The largest absolute Gasteiger partial charge is 0.342 e. The molecule has 62 valence electrons. The second kappa shape index (κ2) is 2.23. The maximum absolute atomic E-state index is 11.3. The van der Waals surface area contributed by atoms with Gasteiger partial charge in [-0.15, -0.1) is 0 Å². The van der Waals surface area contributed by atoms with Gasteiger partial charge >= 0.3 is 0 Å². The molecule has 2 heteroatoms. The zero-order chi connectivity index (χ0) is 7.90. The highest BCUT2D eigenvalue weighted by atomic mass is 16.2. The Morgan fingerprint density at radius 1 is 1.55 bits per heavy atom. The van der Waals surface area contributed by atoms with Gasteiger partial charge < -0.3 is 4.90 Å². The van der Waals surface area contributed by atoms with Crippen LogP contribution in [-0.2, 0) is 4.79 Å². The Balaban J connectivity index is 2.05. The summed E-state index contributed by atoms with van der Waals surface area (Å²) in [4.78, 5) is 13.3. The van der Waals surface area contributed by atoms with Crippen LogP contribution in [-0.4, -0.2) is 23.9 Å². The first-order valence-electron chi connectivity index (χ1n) is 4.54. The van der Waals surface area contributed by atoms with Crippen LogP contribution in [0, 0.1) is 5.41 Å². The topological polar surface area (TPSA) is 20.3 Å². The summed E-state index contributed by atoms with van der Waals surface area (Å²) in [5.74, 6) is 0.382. The van der Waals surface area contributed by atoms with Crippen molar-refractivity contribution in [1.29, 1.82) is 0 Å². The van der Waals surface area contributed by atoms with Crippen LogP contribution in [0.2, 0.25) is 0 Å². The van der Waals surface area contributed by atoms with E-state index in [0.29, 0.717) is 11.3 Å². The van der Waals surface area contributed by atoms with Crippen molar-refractivity contribution in [3.8, 4) is 0 Å². The number of nitrogens with zero attached hydrogens (tertiary/aromatic N) is 1. The monoisotopic (exact) mass is 153 g/mol. The molecule has 1 heterocycles. The van der Waals surface area contributed by atoms with Crippen LogP contribution in [0.15, 0.2) is 0 Å². The number of carbonyl (C=O) groups excluding carboxylic acids is 1. The summed E-state index contributed by atoms with van der Waals surface area (Å²) >= 11 is 0. The molecule has 2 aliphatic rings. The second-order valence-corrected chi connectivity index (χ2v) is 3.94. The first-order valence-corrected chi connectivity index (χ1v) is 4.54. The highest BCUT2D eigenvalue weighted by Gasteiger charge is 2.46. The van der Waals surface area contributed by atoms with Gasteiger partial charge in [-0.25, -0.2) is 0 Å². The molecule has 2 nitrogen and oxygen atoms in total. The van der Waals surface area contributed by atoms with Crippen LogP contribution >= 0.6 is 0 Å². The molecular weight excluding hydrogens is 138 g/mol. The number of carbonyl (C=O) groups is 1. The van der Waals surface area contributed by atoms with Gasteiger partial charge in [0.2, 0.25) is 5.91 Å². The summed E-state index contributed by atoms with van der Waals surface area (Å²) in [5.41, 5.74) is 0.438. The van der Waals surface area contributed by atoms with E-state index in [1.54, 1.807) is 0 Å². The molecule has 1 amide bonds. The molecule has 2 fully saturated rings. The van der Waals surface area contributed by atoms with Crippen molar-refractivity contribution in [3.05, 3.63) is 0 Å². The third-order valence-electron chi connectivity index (χ3n) is 3.20. The van der Waals surface area contributed by atoms with Gasteiger partial charge in [0.15, 0.2) is 0 Å². The molecule has 0 N–H and O–H groups in total. The molecule has 11 heavy (non-hydrogen) atoms. The van der Waals surface area contributed by atoms with Crippen molar-refractivity contribution in [3.63, 3.8) is 0 Å². The highest BCUT2D eigenvalue weighted by Crippen LogP contribution is 2.48. The predicted molar refractivity (Wildman–Crippen MR) is 43.2 cm³/mol. The average molecular weight is 153 g/mol. The van der Waals surface area contributed by atoms with Crippen LogP contribution in [0.25, 0.3) is 0 Å². The molecule has 0 radical (unpaired) electrons. The lowest BCUT2D eigenvalue weighted by atomic mass is 9.68. The zero-order valence-electron chi connectivity index (χ0n) is 7.10. The Morgan fingerprint density at radius 2 is 2.27 bits per heavy atom. The van der Waals surface area contributed by atoms with E-state index in [2.05, 4.69) is 6.92 Å². The van der Waals surface area contributed by atoms with Crippen molar-refractivity contribution >= 4 is 5.91 Å². The van der Waals surface area contributed by atoms with Crippen molar-refractivity contribution < 1.29 is 4.79 Å². The fourth-order valence-electron chi connectivity index (χ4n) is 2.28. The van der Waals surface area contributed by atoms with E-state index in [4.69, 9.17) is 0 Å². The Bertz CT molecular complexity index is 184. The van der Waals surface area contributed by atoms with Gasteiger partial charge in [0.25, 0.3) is 0 Å². The Morgan fingerprint density at radius 3 is 2.55 bits per heavy atom. The van der Waals surface area contributed by atoms with Crippen LogP contribution in [0.4, 0.5) is 0 Å². The summed E-state index contributed by atoms with van der Waals surface area (Å²) in [6.45, 7) is 4.01. The maximum Gasteiger partial charge on any atom is 0.223 e. The van der Waals surface area contributed by atoms with E-state index < -0.39 is 0 Å². The predicted octanol–water partition coefficient (Wildman–Crippen LogP) is 1.41. The Kier molecular flexibility index (Phi) is 1.44. The van der Waals surface area contributed by atoms with Crippen LogP contribution in [0.5, 0.6) is 0 Å².